The molecule has 1 aliphatic heterocycles. The van der Waals surface area contributed by atoms with E-state index in [0.29, 0.717) is 27.7 Å². The van der Waals surface area contributed by atoms with Crippen molar-refractivity contribution in [2.45, 2.75) is 12.8 Å². The first kappa shape index (κ1) is 25.8. The predicted octanol–water partition coefficient (Wildman–Crippen LogP) is 5.80. The number of piperidine rings is 1. The lowest BCUT2D eigenvalue weighted by atomic mass is 9.98. The molecule has 5 aromatic rings. The highest BCUT2D eigenvalue weighted by Crippen LogP contribution is 2.26. The average Bonchev–Trinajstić information content (AvgIpc) is 3.68. The maximum atomic E-state index is 12.9. The summed E-state index contributed by atoms with van der Waals surface area (Å²) in [5.74, 6) is 0.000872. The molecule has 202 valence electrons. The molecule has 1 aliphatic rings. The number of nitrogens with zero attached hydrogens (tertiary/aromatic N) is 3. The summed E-state index contributed by atoms with van der Waals surface area (Å²) in [4.78, 5) is 28.2. The normalized spacial score (nSPS) is 15.2. The predicted molar refractivity (Wildman–Crippen MR) is 160 cm³/mol. The Labute approximate surface area is 235 Å². The fourth-order valence-electron chi connectivity index (χ4n) is 5.08. The number of thiophene rings is 1. The van der Waals surface area contributed by atoms with Crippen LogP contribution in [0, 0.1) is 5.92 Å². The van der Waals surface area contributed by atoms with E-state index in [0.717, 1.165) is 48.2 Å². The Bertz CT molecular complexity index is 1630. The third kappa shape index (κ3) is 5.47. The van der Waals surface area contributed by atoms with Gasteiger partial charge in [0.25, 0.3) is 11.8 Å². The van der Waals surface area contributed by atoms with Gasteiger partial charge >= 0.3 is 0 Å². The first-order valence-electron chi connectivity index (χ1n) is 13.3. The molecule has 2 aromatic heterocycles. The van der Waals surface area contributed by atoms with Gasteiger partial charge in [0.2, 0.25) is 0 Å². The van der Waals surface area contributed by atoms with E-state index in [1.807, 2.05) is 82.9 Å². The van der Waals surface area contributed by atoms with Gasteiger partial charge in [0.05, 0.1) is 22.3 Å². The largest absolute Gasteiger partial charge is 0.396 e. The molecule has 6 rings (SSSR count). The zero-order chi connectivity index (χ0) is 27.5. The number of aromatic nitrogens is 2. The fraction of sp³-hybridized carbons (Fsp3) is 0.194. The van der Waals surface area contributed by atoms with Gasteiger partial charge in [0.1, 0.15) is 0 Å². The van der Waals surface area contributed by atoms with Crippen molar-refractivity contribution in [2.24, 2.45) is 5.92 Å². The van der Waals surface area contributed by atoms with Gasteiger partial charge in [-0.15, -0.1) is 11.3 Å². The molecule has 0 aliphatic carbocycles. The average molecular weight is 552 g/mol. The van der Waals surface area contributed by atoms with Crippen molar-refractivity contribution in [1.29, 1.82) is 0 Å². The van der Waals surface area contributed by atoms with Crippen LogP contribution in [-0.4, -0.2) is 46.4 Å². The second-order valence-corrected chi connectivity index (χ2v) is 10.9. The van der Waals surface area contributed by atoms with Crippen molar-refractivity contribution in [1.82, 2.24) is 9.78 Å². The summed E-state index contributed by atoms with van der Waals surface area (Å²) in [6, 6.07) is 24.5. The highest BCUT2D eigenvalue weighted by Gasteiger charge is 2.20. The lowest BCUT2D eigenvalue weighted by Crippen LogP contribution is -2.36. The van der Waals surface area contributed by atoms with E-state index >= 15 is 0 Å². The molecule has 1 fully saturated rings. The van der Waals surface area contributed by atoms with Crippen molar-refractivity contribution < 1.29 is 14.7 Å². The van der Waals surface area contributed by atoms with E-state index < -0.39 is 0 Å². The van der Waals surface area contributed by atoms with Crippen LogP contribution in [-0.2, 0) is 0 Å². The monoisotopic (exact) mass is 551 g/mol. The van der Waals surface area contributed by atoms with Gasteiger partial charge in [0, 0.05) is 47.7 Å². The lowest BCUT2D eigenvalue weighted by molar-refractivity contribution is 0.102. The molecule has 0 spiro atoms. The van der Waals surface area contributed by atoms with Gasteiger partial charge in [-0.1, -0.05) is 6.07 Å². The second-order valence-electron chi connectivity index (χ2n) is 9.95. The van der Waals surface area contributed by atoms with Crippen molar-refractivity contribution in [3.63, 3.8) is 0 Å². The molecule has 1 saturated heterocycles. The van der Waals surface area contributed by atoms with Crippen LogP contribution in [0.3, 0.4) is 0 Å². The summed E-state index contributed by atoms with van der Waals surface area (Å²) in [6.07, 6.45) is 3.88. The minimum absolute atomic E-state index is 0.129. The van der Waals surface area contributed by atoms with Crippen LogP contribution in [0.1, 0.15) is 32.9 Å². The minimum Gasteiger partial charge on any atom is -0.396 e. The minimum atomic E-state index is -0.176. The van der Waals surface area contributed by atoms with E-state index in [-0.39, 0.29) is 18.4 Å². The lowest BCUT2D eigenvalue weighted by Gasteiger charge is -2.33. The maximum absolute atomic E-state index is 12.9. The Kier molecular flexibility index (Phi) is 7.31. The number of anilines is 3. The number of carbonyl (C=O) groups excluding carboxylic acids is 2. The number of amides is 2. The molecule has 3 aromatic carbocycles. The molecule has 0 saturated carbocycles. The number of rotatable bonds is 7. The summed E-state index contributed by atoms with van der Waals surface area (Å²) in [6.45, 7) is 2.01. The number of nitrogens with one attached hydrogen (secondary N) is 2. The van der Waals surface area contributed by atoms with Crippen molar-refractivity contribution >= 4 is 51.1 Å². The molecule has 0 radical (unpaired) electrons. The number of hydrogen-bond acceptors (Lipinski definition) is 6. The first-order chi connectivity index (χ1) is 19.6. The SMILES string of the molecule is O=C(Nc1ccc2c(cnn2-c2ccc(NC(=O)c3cccs3)cc2)c1)c1ccc(N2CCCC(CO)C2)cc1. The second kappa shape index (κ2) is 11.3. The van der Waals surface area contributed by atoms with Gasteiger partial charge in [0.15, 0.2) is 0 Å². The van der Waals surface area contributed by atoms with Crippen molar-refractivity contribution in [2.75, 3.05) is 35.2 Å². The van der Waals surface area contributed by atoms with Crippen LogP contribution >= 0.6 is 11.3 Å². The molecule has 9 heteroatoms. The number of hydrogen-bond donors (Lipinski definition) is 3. The van der Waals surface area contributed by atoms with Crippen molar-refractivity contribution in [3.8, 4) is 5.69 Å². The molecular formula is C31H29N5O3S. The van der Waals surface area contributed by atoms with Crippen LogP contribution < -0.4 is 15.5 Å². The standard InChI is InChI=1S/C31H29N5O3S/c37-20-21-3-1-15-35(19-21)26-10-5-22(6-11-26)30(38)34-25-9-14-28-23(17-25)18-32-36(28)27-12-7-24(8-13-27)33-31(39)29-4-2-16-40-29/h2,4-14,16-18,21,37H,1,3,15,19-20H2,(H,33,39)(H,34,38). The summed E-state index contributed by atoms with van der Waals surface area (Å²) < 4.78 is 1.83. The smallest absolute Gasteiger partial charge is 0.265 e. The Morgan fingerprint density at radius 3 is 2.42 bits per heavy atom. The van der Waals surface area contributed by atoms with E-state index in [2.05, 4.69) is 20.6 Å². The molecule has 40 heavy (non-hydrogen) atoms. The number of benzene rings is 3. The number of aliphatic hydroxyl groups excluding tert-OH is 1. The topological polar surface area (TPSA) is 99.5 Å². The Balaban J connectivity index is 1.11. The van der Waals surface area contributed by atoms with E-state index in [1.54, 1.807) is 12.3 Å². The highest BCUT2D eigenvalue weighted by atomic mass is 32.1. The molecule has 8 nitrogen and oxygen atoms in total. The summed E-state index contributed by atoms with van der Waals surface area (Å²) in [5, 5.41) is 22.7. The van der Waals surface area contributed by atoms with Crippen LogP contribution in [0.2, 0.25) is 0 Å². The van der Waals surface area contributed by atoms with Crippen molar-refractivity contribution in [3.05, 3.63) is 101 Å². The Hall–Kier alpha value is -4.47. The summed E-state index contributed by atoms with van der Waals surface area (Å²) >= 11 is 1.40. The number of fused-ring (bicyclic) bond motifs is 1. The zero-order valence-electron chi connectivity index (χ0n) is 21.8. The van der Waals surface area contributed by atoms with Crippen LogP contribution in [0.15, 0.2) is 90.4 Å². The molecular weight excluding hydrogens is 522 g/mol. The van der Waals surface area contributed by atoms with Gasteiger partial charge in [-0.3, -0.25) is 9.59 Å². The van der Waals surface area contributed by atoms with Gasteiger partial charge < -0.3 is 20.6 Å². The third-order valence-electron chi connectivity index (χ3n) is 7.21. The highest BCUT2D eigenvalue weighted by molar-refractivity contribution is 7.12. The molecule has 3 N–H and O–H groups in total. The van der Waals surface area contributed by atoms with Crippen LogP contribution in [0.5, 0.6) is 0 Å². The molecule has 1 atom stereocenters. The molecule has 1 unspecified atom stereocenters. The quantitative estimate of drug-likeness (QED) is 0.237. The molecule has 3 heterocycles. The Morgan fingerprint density at radius 1 is 0.925 bits per heavy atom. The maximum Gasteiger partial charge on any atom is 0.265 e. The summed E-state index contributed by atoms with van der Waals surface area (Å²) in [5.41, 5.74) is 4.82. The van der Waals surface area contributed by atoms with E-state index in [9.17, 15) is 14.7 Å². The third-order valence-corrected chi connectivity index (χ3v) is 8.08. The van der Waals surface area contributed by atoms with E-state index in [4.69, 9.17) is 0 Å². The molecule has 2 amide bonds. The number of carbonyl (C=O) groups is 2. The first-order valence-corrected chi connectivity index (χ1v) is 14.2. The summed E-state index contributed by atoms with van der Waals surface area (Å²) in [7, 11) is 0. The zero-order valence-corrected chi connectivity index (χ0v) is 22.6. The fourth-order valence-corrected chi connectivity index (χ4v) is 5.70. The van der Waals surface area contributed by atoms with Crippen LogP contribution in [0.4, 0.5) is 17.1 Å². The molecule has 0 bridgehead atoms. The van der Waals surface area contributed by atoms with Crippen LogP contribution in [0.25, 0.3) is 16.6 Å². The van der Waals surface area contributed by atoms with Gasteiger partial charge in [-0.2, -0.15) is 5.10 Å². The van der Waals surface area contributed by atoms with Gasteiger partial charge in [-0.05, 0) is 96.9 Å². The Morgan fingerprint density at radius 2 is 1.68 bits per heavy atom. The number of aliphatic hydroxyl groups is 1. The van der Waals surface area contributed by atoms with E-state index in [1.165, 1.54) is 11.3 Å². The van der Waals surface area contributed by atoms with Gasteiger partial charge in [-0.25, -0.2) is 4.68 Å².